The summed E-state index contributed by atoms with van der Waals surface area (Å²) in [7, 11) is 1.79. The van der Waals surface area contributed by atoms with Crippen LogP contribution in [-0.4, -0.2) is 38.7 Å². The molecule has 0 radical (unpaired) electrons. The zero-order valence-corrected chi connectivity index (χ0v) is 11.1. The predicted octanol–water partition coefficient (Wildman–Crippen LogP) is 1.44. The number of aromatic amines is 1. The Bertz CT molecular complexity index is 692. The van der Waals surface area contributed by atoms with Crippen LogP contribution in [0.15, 0.2) is 30.7 Å². The van der Waals surface area contributed by atoms with Crippen LogP contribution in [0, 0.1) is 0 Å². The number of fused-ring (bicyclic) bond motifs is 1. The Morgan fingerprint density at radius 3 is 3.00 bits per heavy atom. The van der Waals surface area contributed by atoms with Crippen molar-refractivity contribution in [3.8, 4) is 0 Å². The van der Waals surface area contributed by atoms with E-state index in [1.807, 2.05) is 12.3 Å². The van der Waals surface area contributed by atoms with Gasteiger partial charge in [-0.3, -0.25) is 10.1 Å². The van der Waals surface area contributed by atoms with Gasteiger partial charge in [-0.2, -0.15) is 15.1 Å². The first-order valence-corrected chi connectivity index (χ1v) is 6.38. The Morgan fingerprint density at radius 2 is 2.20 bits per heavy atom. The van der Waals surface area contributed by atoms with Crippen molar-refractivity contribution in [2.24, 2.45) is 0 Å². The maximum atomic E-state index is 4.41. The van der Waals surface area contributed by atoms with E-state index in [1.165, 1.54) is 5.56 Å². The number of hydrogen-bond acceptors (Lipinski definition) is 6. The van der Waals surface area contributed by atoms with Crippen LogP contribution in [-0.2, 0) is 6.42 Å². The van der Waals surface area contributed by atoms with E-state index in [-0.39, 0.29) is 0 Å². The van der Waals surface area contributed by atoms with E-state index in [2.05, 4.69) is 41.8 Å². The molecule has 0 spiro atoms. The van der Waals surface area contributed by atoms with Gasteiger partial charge in [-0.1, -0.05) is 6.07 Å². The van der Waals surface area contributed by atoms with Gasteiger partial charge in [0.05, 0.1) is 11.6 Å². The minimum absolute atomic E-state index is 0.561. The Labute approximate surface area is 115 Å². The van der Waals surface area contributed by atoms with E-state index >= 15 is 0 Å². The molecule has 3 N–H and O–H groups in total. The molecule has 20 heavy (non-hydrogen) atoms. The summed E-state index contributed by atoms with van der Waals surface area (Å²) in [6.07, 6.45) is 6.25. The molecule has 3 aromatic rings. The molecule has 3 aromatic heterocycles. The fraction of sp³-hybridized carbons (Fsp3) is 0.231. The van der Waals surface area contributed by atoms with E-state index in [1.54, 1.807) is 19.4 Å². The molecular formula is C13H15N7. The van der Waals surface area contributed by atoms with Crippen LogP contribution >= 0.6 is 0 Å². The minimum Gasteiger partial charge on any atom is -0.369 e. The van der Waals surface area contributed by atoms with Crippen molar-refractivity contribution in [2.45, 2.75) is 6.42 Å². The van der Waals surface area contributed by atoms with Crippen LogP contribution < -0.4 is 10.6 Å². The molecule has 0 unspecified atom stereocenters. The number of pyridine rings is 1. The summed E-state index contributed by atoms with van der Waals surface area (Å²) < 4.78 is 0. The van der Waals surface area contributed by atoms with Crippen molar-refractivity contribution in [3.05, 3.63) is 36.3 Å². The van der Waals surface area contributed by atoms with Crippen molar-refractivity contribution in [2.75, 3.05) is 24.2 Å². The second kappa shape index (κ2) is 5.52. The van der Waals surface area contributed by atoms with Crippen LogP contribution in [0.4, 0.5) is 11.8 Å². The molecule has 0 atom stereocenters. The molecule has 102 valence electrons. The number of hydrogen-bond donors (Lipinski definition) is 3. The molecule has 0 aromatic carbocycles. The quantitative estimate of drug-likeness (QED) is 0.649. The Balaban J connectivity index is 1.75. The summed E-state index contributed by atoms with van der Waals surface area (Å²) in [5.74, 6) is 1.34. The minimum atomic E-state index is 0.561. The molecule has 7 nitrogen and oxygen atoms in total. The molecule has 0 amide bonds. The van der Waals surface area contributed by atoms with Gasteiger partial charge in [-0.15, -0.1) is 0 Å². The van der Waals surface area contributed by atoms with E-state index in [4.69, 9.17) is 0 Å². The molecule has 0 aliphatic heterocycles. The zero-order valence-electron chi connectivity index (χ0n) is 11.1. The van der Waals surface area contributed by atoms with E-state index in [0.717, 1.165) is 24.2 Å². The summed E-state index contributed by atoms with van der Waals surface area (Å²) in [6, 6.07) is 3.99. The molecule has 0 bridgehead atoms. The van der Waals surface area contributed by atoms with E-state index < -0.39 is 0 Å². The van der Waals surface area contributed by atoms with Crippen molar-refractivity contribution in [3.63, 3.8) is 0 Å². The van der Waals surface area contributed by atoms with Gasteiger partial charge in [0.15, 0.2) is 5.65 Å². The summed E-state index contributed by atoms with van der Waals surface area (Å²) >= 11 is 0. The lowest BCUT2D eigenvalue weighted by Crippen LogP contribution is -2.08. The number of nitrogens with zero attached hydrogens (tertiary/aromatic N) is 4. The average molecular weight is 269 g/mol. The second-order valence-corrected chi connectivity index (χ2v) is 4.32. The summed E-state index contributed by atoms with van der Waals surface area (Å²) in [6.45, 7) is 0.770. The highest BCUT2D eigenvalue weighted by molar-refractivity contribution is 5.86. The van der Waals surface area contributed by atoms with Gasteiger partial charge in [0.25, 0.3) is 0 Å². The first-order chi connectivity index (χ1) is 9.86. The highest BCUT2D eigenvalue weighted by atomic mass is 15.2. The number of H-pyrrole nitrogens is 1. The molecular weight excluding hydrogens is 254 g/mol. The highest BCUT2D eigenvalue weighted by Crippen LogP contribution is 2.19. The first kappa shape index (κ1) is 12.3. The summed E-state index contributed by atoms with van der Waals surface area (Å²) in [5, 5.41) is 14.0. The lowest BCUT2D eigenvalue weighted by molar-refractivity contribution is 0.993. The second-order valence-electron chi connectivity index (χ2n) is 4.32. The van der Waals surface area contributed by atoms with Crippen molar-refractivity contribution in [1.82, 2.24) is 25.1 Å². The molecule has 0 saturated heterocycles. The molecule has 3 rings (SSSR count). The predicted molar refractivity (Wildman–Crippen MR) is 77.7 cm³/mol. The van der Waals surface area contributed by atoms with Gasteiger partial charge < -0.3 is 10.6 Å². The number of aromatic nitrogens is 5. The van der Waals surface area contributed by atoms with Crippen LogP contribution in [0.3, 0.4) is 0 Å². The van der Waals surface area contributed by atoms with Crippen LogP contribution in [0.25, 0.3) is 11.0 Å². The molecule has 0 aliphatic rings. The highest BCUT2D eigenvalue weighted by Gasteiger charge is 2.08. The lowest BCUT2D eigenvalue weighted by atomic mass is 10.2. The normalized spacial score (nSPS) is 10.7. The maximum absolute atomic E-state index is 4.41. The fourth-order valence-electron chi connectivity index (χ4n) is 1.95. The SMILES string of the molecule is CNc1nc(NCCc2cccnc2)c2cn[nH]c2n1. The molecule has 0 aliphatic carbocycles. The molecule has 3 heterocycles. The molecule has 0 saturated carbocycles. The van der Waals surface area contributed by atoms with Gasteiger partial charge in [-0.25, -0.2) is 0 Å². The van der Waals surface area contributed by atoms with Crippen molar-refractivity contribution in [1.29, 1.82) is 0 Å². The third-order valence-corrected chi connectivity index (χ3v) is 2.96. The average Bonchev–Trinajstić information content (AvgIpc) is 2.96. The lowest BCUT2D eigenvalue weighted by Gasteiger charge is -2.08. The summed E-state index contributed by atoms with van der Waals surface area (Å²) in [5.41, 5.74) is 1.90. The Hall–Kier alpha value is -2.70. The van der Waals surface area contributed by atoms with Crippen LogP contribution in [0.1, 0.15) is 5.56 Å². The molecule has 0 fully saturated rings. The standard InChI is InChI=1S/C13H15N7/c1-14-13-18-11(10-8-17-20-12(10)19-13)16-6-4-9-3-2-5-15-7-9/h2-3,5,7-8H,4,6H2,1H3,(H3,14,16,17,18,19,20). The van der Waals surface area contributed by atoms with Crippen LogP contribution in [0.5, 0.6) is 0 Å². The smallest absolute Gasteiger partial charge is 0.226 e. The van der Waals surface area contributed by atoms with E-state index in [9.17, 15) is 0 Å². The zero-order chi connectivity index (χ0) is 13.8. The Morgan fingerprint density at radius 1 is 1.25 bits per heavy atom. The third-order valence-electron chi connectivity index (χ3n) is 2.96. The van der Waals surface area contributed by atoms with Gasteiger partial charge in [0, 0.05) is 26.0 Å². The first-order valence-electron chi connectivity index (χ1n) is 6.38. The van der Waals surface area contributed by atoms with Gasteiger partial charge in [0.2, 0.25) is 5.95 Å². The Kier molecular flexibility index (Phi) is 3.40. The van der Waals surface area contributed by atoms with Gasteiger partial charge >= 0.3 is 0 Å². The van der Waals surface area contributed by atoms with E-state index in [0.29, 0.717) is 11.6 Å². The van der Waals surface area contributed by atoms with Gasteiger partial charge in [0.1, 0.15) is 5.82 Å². The fourth-order valence-corrected chi connectivity index (χ4v) is 1.95. The topological polar surface area (TPSA) is 91.4 Å². The number of rotatable bonds is 5. The largest absolute Gasteiger partial charge is 0.369 e. The number of nitrogens with one attached hydrogen (secondary N) is 3. The van der Waals surface area contributed by atoms with Crippen LogP contribution in [0.2, 0.25) is 0 Å². The monoisotopic (exact) mass is 269 g/mol. The van der Waals surface area contributed by atoms with Gasteiger partial charge in [-0.05, 0) is 18.1 Å². The van der Waals surface area contributed by atoms with Crippen molar-refractivity contribution < 1.29 is 0 Å². The summed E-state index contributed by atoms with van der Waals surface area (Å²) in [4.78, 5) is 12.8. The third kappa shape index (κ3) is 2.51. The number of anilines is 2. The van der Waals surface area contributed by atoms with Crippen molar-refractivity contribution >= 4 is 22.8 Å². The molecule has 7 heteroatoms. The maximum Gasteiger partial charge on any atom is 0.226 e.